The maximum absolute atomic E-state index is 12.1. The summed E-state index contributed by atoms with van der Waals surface area (Å²) < 4.78 is 31.1. The van der Waals surface area contributed by atoms with Crippen LogP contribution in [0, 0.1) is 0 Å². The van der Waals surface area contributed by atoms with Gasteiger partial charge in [-0.25, -0.2) is 0 Å². The third-order valence-corrected chi connectivity index (χ3v) is 6.51. The molecule has 1 rings (SSSR count). The summed E-state index contributed by atoms with van der Waals surface area (Å²) >= 11 is 0. The molecule has 0 saturated carbocycles. The summed E-state index contributed by atoms with van der Waals surface area (Å²) in [4.78, 5) is 34.8. The number of hydrogen-bond acceptors (Lipinski definition) is 12. The van der Waals surface area contributed by atoms with Gasteiger partial charge in [-0.2, -0.15) is 0 Å². The maximum Gasteiger partial charge on any atom is 0.270 e. The van der Waals surface area contributed by atoms with Gasteiger partial charge in [0.2, 0.25) is 5.91 Å². The van der Waals surface area contributed by atoms with Crippen LogP contribution < -0.4 is 15.7 Å². The van der Waals surface area contributed by atoms with Gasteiger partial charge in [-0.1, -0.05) is 34.9 Å². The van der Waals surface area contributed by atoms with E-state index >= 15 is 0 Å². The molecule has 0 aromatic carbocycles. The molecule has 5 unspecified atom stereocenters. The summed E-state index contributed by atoms with van der Waals surface area (Å²) in [5.41, 5.74) is 8.49. The van der Waals surface area contributed by atoms with E-state index in [1.165, 1.54) is 11.1 Å². The average Bonchev–Trinajstić information content (AvgIpc) is 2.80. The maximum atomic E-state index is 12.1. The van der Waals surface area contributed by atoms with Gasteiger partial charge in [0.15, 0.2) is 12.4 Å². The van der Waals surface area contributed by atoms with Crippen molar-refractivity contribution < 1.29 is 58.0 Å². The number of carboxylic acids is 1. The van der Waals surface area contributed by atoms with Crippen LogP contribution in [-0.4, -0.2) is 77.2 Å². The first-order valence-corrected chi connectivity index (χ1v) is 13.5. The molecule has 0 spiro atoms. The predicted octanol–water partition coefficient (Wildman–Crippen LogP) is -0.665. The zero-order valence-corrected chi connectivity index (χ0v) is 22.9. The van der Waals surface area contributed by atoms with E-state index in [0.717, 1.165) is 31.3 Å². The van der Waals surface area contributed by atoms with Gasteiger partial charge in [-0.15, -0.1) is 0 Å². The monoisotopic (exact) mass is 563 g/mol. The van der Waals surface area contributed by atoms with Crippen LogP contribution in [0.15, 0.2) is 34.9 Å². The molecule has 0 aromatic rings. The molecule has 0 aliphatic carbocycles. The average molecular weight is 564 g/mol. The number of aliphatic hydroxyl groups is 3. The molecule has 14 heteroatoms. The van der Waals surface area contributed by atoms with Crippen molar-refractivity contribution in [1.29, 1.82) is 0 Å². The number of rotatable bonds is 16. The zero-order chi connectivity index (χ0) is 29.0. The first kappa shape index (κ1) is 34.1. The van der Waals surface area contributed by atoms with Crippen molar-refractivity contribution in [2.45, 2.75) is 90.2 Å². The van der Waals surface area contributed by atoms with Gasteiger partial charge < -0.3 is 49.8 Å². The number of carbonyl (C=O) groups excluding carboxylic acids is 2. The molecule has 1 fully saturated rings. The van der Waals surface area contributed by atoms with Crippen molar-refractivity contribution in [1.82, 2.24) is 0 Å². The Hall–Kier alpha value is -1.93. The number of amides is 1. The molecule has 7 atom stereocenters. The number of phosphoric ester groups is 1. The fraction of sp³-hybridized carbons (Fsp3) is 0.667. The number of nitrogens with two attached hydrogens (primary N) is 1. The summed E-state index contributed by atoms with van der Waals surface area (Å²) in [5, 5.41) is 40.7. The van der Waals surface area contributed by atoms with Crippen LogP contribution in [0.1, 0.15) is 53.4 Å². The Morgan fingerprint density at radius 3 is 2.13 bits per heavy atom. The number of hydrogen-bond donors (Lipinski definition) is 4. The van der Waals surface area contributed by atoms with Crippen molar-refractivity contribution >= 4 is 19.7 Å². The minimum Gasteiger partial charge on any atom is -0.756 e. The number of aliphatic carboxylic acids is 1. The quantitative estimate of drug-likeness (QED) is 0.136. The highest BCUT2D eigenvalue weighted by atomic mass is 31.2. The fourth-order valence-corrected chi connectivity index (χ4v) is 4.12. The predicted molar refractivity (Wildman–Crippen MR) is 131 cm³/mol. The topological polar surface area (TPSA) is 221 Å². The van der Waals surface area contributed by atoms with Gasteiger partial charge in [-0.05, 0) is 53.4 Å². The van der Waals surface area contributed by atoms with E-state index < -0.39 is 63.1 Å². The molecule has 5 N–H and O–H groups in total. The molecule has 38 heavy (non-hydrogen) atoms. The van der Waals surface area contributed by atoms with E-state index in [4.69, 9.17) is 15.2 Å². The van der Waals surface area contributed by atoms with Gasteiger partial charge in [0.25, 0.3) is 7.82 Å². The molecule has 13 nitrogen and oxygen atoms in total. The van der Waals surface area contributed by atoms with Crippen molar-refractivity contribution in [3.8, 4) is 0 Å². The number of ether oxygens (including phenoxy) is 2. The number of carbonyl (C=O) groups is 2. The van der Waals surface area contributed by atoms with E-state index in [1.807, 2.05) is 6.92 Å². The van der Waals surface area contributed by atoms with Gasteiger partial charge in [-0.3, -0.25) is 13.9 Å². The van der Waals surface area contributed by atoms with Gasteiger partial charge in [0, 0.05) is 0 Å². The van der Waals surface area contributed by atoms with Crippen molar-refractivity contribution in [2.75, 3.05) is 13.2 Å². The largest absolute Gasteiger partial charge is 0.756 e. The molecule has 0 radical (unpaired) electrons. The van der Waals surface area contributed by atoms with E-state index in [1.54, 1.807) is 6.08 Å². The Kier molecular flexibility index (Phi) is 14.6. The minimum atomic E-state index is -5.36. The van der Waals surface area contributed by atoms with Crippen LogP contribution in [-0.2, 0) is 32.7 Å². The summed E-state index contributed by atoms with van der Waals surface area (Å²) in [6.45, 7) is 6.83. The highest BCUT2D eigenvalue weighted by molar-refractivity contribution is 7.45. The normalized spacial score (nSPS) is 26.9. The fourth-order valence-electron chi connectivity index (χ4n) is 3.32. The van der Waals surface area contributed by atoms with E-state index in [0.29, 0.717) is 0 Å². The van der Waals surface area contributed by atoms with Gasteiger partial charge in [0.1, 0.15) is 24.4 Å². The van der Waals surface area contributed by atoms with E-state index in [9.17, 15) is 39.5 Å². The van der Waals surface area contributed by atoms with Crippen LogP contribution in [0.25, 0.3) is 0 Å². The molecule has 1 heterocycles. The molecule has 0 aromatic heterocycles. The number of carboxylic acid groups (broad SMARTS) is 1. The van der Waals surface area contributed by atoms with Crippen molar-refractivity contribution in [3.63, 3.8) is 0 Å². The molecule has 218 valence electrons. The summed E-state index contributed by atoms with van der Waals surface area (Å²) in [6.07, 6.45) is -2.45. The number of aliphatic hydroxyl groups excluding tert-OH is 3. The summed E-state index contributed by atoms with van der Waals surface area (Å²) in [7, 11) is -5.36. The molecular weight excluding hydrogens is 525 g/mol. The Bertz CT molecular complexity index is 929. The first-order valence-electron chi connectivity index (χ1n) is 12.0. The second-order valence-corrected chi connectivity index (χ2v) is 10.6. The van der Waals surface area contributed by atoms with Crippen LogP contribution in [0.4, 0.5) is 0 Å². The van der Waals surface area contributed by atoms with Crippen molar-refractivity contribution in [3.05, 3.63) is 34.9 Å². The molecular formula is C24H38NO12P-2. The number of primary amides is 1. The number of phosphoric acid groups is 1. The van der Waals surface area contributed by atoms with E-state index in [-0.39, 0.29) is 6.61 Å². The van der Waals surface area contributed by atoms with Crippen LogP contribution >= 0.6 is 7.82 Å². The molecule has 1 aliphatic heterocycles. The molecule has 0 bridgehead atoms. The first-order chi connectivity index (χ1) is 17.6. The minimum absolute atomic E-state index is 0.157. The second-order valence-electron chi connectivity index (χ2n) is 9.25. The third-order valence-electron chi connectivity index (χ3n) is 5.58. The lowest BCUT2D eigenvalue weighted by Gasteiger charge is -2.40. The summed E-state index contributed by atoms with van der Waals surface area (Å²) in [6, 6.07) is 0. The molecule has 1 saturated heterocycles. The van der Waals surface area contributed by atoms with Crippen LogP contribution in [0.2, 0.25) is 0 Å². The lowest BCUT2D eigenvalue weighted by molar-refractivity contribution is -0.318. The lowest BCUT2D eigenvalue weighted by atomic mass is 9.99. The Labute approximate surface area is 222 Å². The Morgan fingerprint density at radius 1 is 1.00 bits per heavy atom. The Balaban J connectivity index is 2.57. The van der Waals surface area contributed by atoms with Crippen LogP contribution in [0.5, 0.6) is 0 Å². The highest BCUT2D eigenvalue weighted by Gasteiger charge is 2.47. The Morgan fingerprint density at radius 2 is 1.58 bits per heavy atom. The highest BCUT2D eigenvalue weighted by Crippen LogP contribution is 2.42. The van der Waals surface area contributed by atoms with Crippen LogP contribution in [0.3, 0.4) is 0 Å². The van der Waals surface area contributed by atoms with Crippen molar-refractivity contribution in [2.24, 2.45) is 5.73 Å². The smallest absolute Gasteiger partial charge is 0.270 e. The van der Waals surface area contributed by atoms with Gasteiger partial charge >= 0.3 is 0 Å². The van der Waals surface area contributed by atoms with E-state index in [2.05, 4.69) is 42.0 Å². The summed E-state index contributed by atoms with van der Waals surface area (Å²) in [5.74, 6) is -3.00. The molecule has 1 aliphatic rings. The third kappa shape index (κ3) is 12.3. The number of allylic oxidation sites excluding steroid dienone is 5. The SMILES string of the molecule is CC(C)=CCC/C(C)=C/CC/C(C)=C\COC(COP(=O)([O-])OC1OC(C(N)=O)C(O)[C@H](O)[C@@H]1O)C(=O)[O-]. The second kappa shape index (κ2) is 16.2. The molecule has 1 amide bonds. The van der Waals surface area contributed by atoms with Gasteiger partial charge in [0.05, 0.1) is 19.2 Å². The lowest BCUT2D eigenvalue weighted by Crippen LogP contribution is -2.61. The zero-order valence-electron chi connectivity index (χ0n) is 22.0. The standard InChI is InChI=1S/C24H40NO12P/c1-14(2)7-5-8-15(3)9-6-10-16(4)11-12-34-17(23(30)31)13-35-38(32,33)37-24-20(28)18(26)19(27)21(36-24)22(25)29/h7,9,11,17-21,24,26-28H,5-6,8,10,12-13H2,1-4H3,(H2,25,29)(H,30,31)(H,32,33)/p-2/b15-9+,16-11-/t17?,18-,19?,20-,21?,24?/m0/s1.